The molecule has 0 aliphatic rings. The van der Waals surface area contributed by atoms with Crippen molar-refractivity contribution in [2.75, 3.05) is 5.32 Å². The maximum atomic E-state index is 13.5. The highest BCUT2D eigenvalue weighted by molar-refractivity contribution is 7.08. The van der Waals surface area contributed by atoms with Crippen molar-refractivity contribution in [2.24, 2.45) is 0 Å². The highest BCUT2D eigenvalue weighted by Crippen LogP contribution is 2.19. The summed E-state index contributed by atoms with van der Waals surface area (Å²) in [6.45, 7) is 3.07. The monoisotopic (exact) mass is 403 g/mol. The molecule has 7 nitrogen and oxygen atoms in total. The molecule has 146 valence electrons. The van der Waals surface area contributed by atoms with Crippen LogP contribution in [0.25, 0.3) is 11.4 Å². The number of aryl methyl sites for hydroxylation is 2. The average molecular weight is 403 g/mol. The van der Waals surface area contributed by atoms with Crippen LogP contribution in [0.15, 0.2) is 39.5 Å². The van der Waals surface area contributed by atoms with E-state index in [0.717, 1.165) is 5.56 Å². The fourth-order valence-corrected chi connectivity index (χ4v) is 2.93. The van der Waals surface area contributed by atoms with Gasteiger partial charge in [0.1, 0.15) is 5.82 Å². The van der Waals surface area contributed by atoms with Crippen molar-refractivity contribution in [3.63, 3.8) is 0 Å². The van der Waals surface area contributed by atoms with Gasteiger partial charge in [-0.25, -0.2) is 4.39 Å². The second kappa shape index (κ2) is 8.75. The molecule has 0 radical (unpaired) electrons. The normalized spacial score (nSPS) is 11.8. The molecule has 0 saturated heterocycles. The highest BCUT2D eigenvalue weighted by Gasteiger charge is 2.19. The molecule has 2 aromatic heterocycles. The Labute approximate surface area is 164 Å². The van der Waals surface area contributed by atoms with Crippen LogP contribution in [0.5, 0.6) is 0 Å². The lowest BCUT2D eigenvalue weighted by atomic mass is 10.2. The molecular formula is C19H18FN3O4S. The number of anilines is 1. The smallest absolute Gasteiger partial charge is 0.307 e. The predicted molar refractivity (Wildman–Crippen MR) is 101 cm³/mol. The van der Waals surface area contributed by atoms with Crippen molar-refractivity contribution < 1.29 is 23.2 Å². The van der Waals surface area contributed by atoms with E-state index in [9.17, 15) is 14.0 Å². The number of halogens is 1. The molecule has 0 spiro atoms. The Morgan fingerprint density at radius 3 is 2.89 bits per heavy atom. The molecule has 9 heteroatoms. The maximum Gasteiger partial charge on any atom is 0.307 e. The van der Waals surface area contributed by atoms with Crippen LogP contribution >= 0.6 is 11.3 Å². The van der Waals surface area contributed by atoms with Gasteiger partial charge in [0, 0.05) is 23.1 Å². The quantitative estimate of drug-likeness (QED) is 0.604. The van der Waals surface area contributed by atoms with Crippen LogP contribution in [0.3, 0.4) is 0 Å². The van der Waals surface area contributed by atoms with Crippen molar-refractivity contribution >= 4 is 28.9 Å². The SMILES string of the molecule is Cc1ccc(NC(=O)[C@H](C)OC(=O)CCc2nc(-c3ccsc3)no2)cc1F. The second-order valence-corrected chi connectivity index (χ2v) is 6.89. The summed E-state index contributed by atoms with van der Waals surface area (Å²) in [6.07, 6.45) is -0.837. The number of nitrogens with one attached hydrogen (secondary N) is 1. The van der Waals surface area contributed by atoms with Gasteiger partial charge in [0.2, 0.25) is 11.7 Å². The lowest BCUT2D eigenvalue weighted by molar-refractivity contribution is -0.153. The summed E-state index contributed by atoms with van der Waals surface area (Å²) >= 11 is 1.52. The fraction of sp³-hybridized carbons (Fsp3) is 0.263. The van der Waals surface area contributed by atoms with Crippen molar-refractivity contribution in [1.82, 2.24) is 10.1 Å². The molecule has 0 fully saturated rings. The summed E-state index contributed by atoms with van der Waals surface area (Å²) in [5, 5.41) is 10.2. The third-order valence-electron chi connectivity index (χ3n) is 3.91. The summed E-state index contributed by atoms with van der Waals surface area (Å²) in [5.41, 5.74) is 1.61. The summed E-state index contributed by atoms with van der Waals surface area (Å²) < 4.78 is 23.8. The average Bonchev–Trinajstić information content (AvgIpc) is 3.34. The van der Waals surface area contributed by atoms with Crippen LogP contribution in [0, 0.1) is 12.7 Å². The molecule has 1 atom stereocenters. The molecule has 28 heavy (non-hydrogen) atoms. The number of carbonyl (C=O) groups excluding carboxylic acids is 2. The van der Waals surface area contributed by atoms with E-state index >= 15 is 0 Å². The summed E-state index contributed by atoms with van der Waals surface area (Å²) in [5.74, 6) is -0.779. The largest absolute Gasteiger partial charge is 0.453 e. The topological polar surface area (TPSA) is 94.3 Å². The van der Waals surface area contributed by atoms with Gasteiger partial charge >= 0.3 is 5.97 Å². The van der Waals surface area contributed by atoms with Gasteiger partial charge in [-0.3, -0.25) is 9.59 Å². The van der Waals surface area contributed by atoms with E-state index in [1.54, 1.807) is 19.1 Å². The van der Waals surface area contributed by atoms with Crippen molar-refractivity contribution in [1.29, 1.82) is 0 Å². The molecule has 0 saturated carbocycles. The molecule has 3 aromatic rings. The van der Waals surface area contributed by atoms with E-state index in [4.69, 9.17) is 9.26 Å². The first-order valence-electron chi connectivity index (χ1n) is 8.54. The maximum absolute atomic E-state index is 13.5. The Hall–Kier alpha value is -3.07. The Morgan fingerprint density at radius 1 is 1.36 bits per heavy atom. The number of hydrogen-bond donors (Lipinski definition) is 1. The van der Waals surface area contributed by atoms with Gasteiger partial charge in [-0.2, -0.15) is 16.3 Å². The number of benzene rings is 1. The van der Waals surface area contributed by atoms with Crippen molar-refractivity contribution in [3.8, 4) is 11.4 Å². The number of hydrogen-bond acceptors (Lipinski definition) is 7. The molecule has 1 amide bonds. The molecule has 0 aliphatic heterocycles. The van der Waals surface area contributed by atoms with Gasteiger partial charge in [0.15, 0.2) is 6.10 Å². The van der Waals surface area contributed by atoms with Gasteiger partial charge in [-0.05, 0) is 43.0 Å². The van der Waals surface area contributed by atoms with Crippen LogP contribution < -0.4 is 5.32 Å². The molecule has 1 aromatic carbocycles. The Morgan fingerprint density at radius 2 is 2.18 bits per heavy atom. The number of rotatable bonds is 7. The zero-order valence-corrected chi connectivity index (χ0v) is 16.1. The minimum Gasteiger partial charge on any atom is -0.453 e. The number of amides is 1. The van der Waals surface area contributed by atoms with E-state index in [-0.39, 0.29) is 12.8 Å². The van der Waals surface area contributed by atoms with Crippen LogP contribution in [-0.4, -0.2) is 28.1 Å². The van der Waals surface area contributed by atoms with E-state index in [2.05, 4.69) is 15.5 Å². The number of ether oxygens (including phenoxy) is 1. The number of thiophene rings is 1. The van der Waals surface area contributed by atoms with Gasteiger partial charge in [-0.1, -0.05) is 11.2 Å². The molecule has 0 unspecified atom stereocenters. The molecule has 2 heterocycles. The molecule has 1 N–H and O–H groups in total. The van der Waals surface area contributed by atoms with Crippen molar-refractivity contribution in [3.05, 3.63) is 52.3 Å². The number of aromatic nitrogens is 2. The third-order valence-corrected chi connectivity index (χ3v) is 4.59. The molecule has 3 rings (SSSR count). The number of esters is 1. The number of carbonyl (C=O) groups is 2. The van der Waals surface area contributed by atoms with Crippen molar-refractivity contribution in [2.45, 2.75) is 32.8 Å². The van der Waals surface area contributed by atoms with E-state index in [0.29, 0.717) is 23.0 Å². The van der Waals surface area contributed by atoms with Crippen LogP contribution in [0.1, 0.15) is 24.8 Å². The minimum absolute atomic E-state index is 0.0119. The van der Waals surface area contributed by atoms with Gasteiger partial charge < -0.3 is 14.6 Å². The Bertz CT molecular complexity index is 971. The summed E-state index contributed by atoms with van der Waals surface area (Å²) in [7, 11) is 0. The fourth-order valence-electron chi connectivity index (χ4n) is 2.30. The molecule has 0 bridgehead atoms. The van der Waals surface area contributed by atoms with Crippen LogP contribution in [-0.2, 0) is 20.7 Å². The van der Waals surface area contributed by atoms with Gasteiger partial charge in [-0.15, -0.1) is 0 Å². The first-order chi connectivity index (χ1) is 13.4. The lowest BCUT2D eigenvalue weighted by Gasteiger charge is -2.13. The lowest BCUT2D eigenvalue weighted by Crippen LogP contribution is -2.30. The Kier molecular flexibility index (Phi) is 6.15. The first kappa shape index (κ1) is 19.7. The van der Waals surface area contributed by atoms with Crippen LogP contribution in [0.2, 0.25) is 0 Å². The standard InChI is InChI=1S/C19H18FN3O4S/c1-11-3-4-14(9-15(11)20)21-19(25)12(2)26-17(24)6-5-16-22-18(23-27-16)13-7-8-28-10-13/h3-4,7-10,12H,5-6H2,1-2H3,(H,21,25)/t12-/m0/s1. The zero-order valence-electron chi connectivity index (χ0n) is 15.3. The molecule has 0 aliphatic carbocycles. The van der Waals surface area contributed by atoms with E-state index in [1.807, 2.05) is 16.8 Å². The summed E-state index contributed by atoms with van der Waals surface area (Å²) in [6, 6.07) is 6.21. The first-order valence-corrected chi connectivity index (χ1v) is 9.48. The Balaban J connectivity index is 1.47. The van der Waals surface area contributed by atoms with E-state index in [1.165, 1.54) is 24.3 Å². The zero-order chi connectivity index (χ0) is 20.1. The van der Waals surface area contributed by atoms with Gasteiger partial charge in [0.25, 0.3) is 5.91 Å². The predicted octanol–water partition coefficient (Wildman–Crippen LogP) is 3.75. The highest BCUT2D eigenvalue weighted by atomic mass is 32.1. The third kappa shape index (κ3) is 5.01. The van der Waals surface area contributed by atoms with Crippen LogP contribution in [0.4, 0.5) is 10.1 Å². The summed E-state index contributed by atoms with van der Waals surface area (Å²) in [4.78, 5) is 28.3. The second-order valence-electron chi connectivity index (χ2n) is 6.11. The minimum atomic E-state index is -1.03. The van der Waals surface area contributed by atoms with Gasteiger partial charge in [0.05, 0.1) is 6.42 Å². The van der Waals surface area contributed by atoms with E-state index < -0.39 is 23.8 Å². The molecular weight excluding hydrogens is 385 g/mol. The number of nitrogens with zero attached hydrogens (tertiary/aromatic N) is 2.